The van der Waals surface area contributed by atoms with Gasteiger partial charge in [0.25, 0.3) is 16.7 Å². The van der Waals surface area contributed by atoms with Gasteiger partial charge in [-0.3, -0.25) is 9.59 Å². The van der Waals surface area contributed by atoms with Crippen molar-refractivity contribution in [2.75, 3.05) is 13.1 Å². The SMILES string of the molecule is O=C(c1ccc(=O)[nH]n1)N1CCC(Oc2nc3ccccc3s2)CC1. The number of H-pyrrole nitrogens is 1. The van der Waals surface area contributed by atoms with E-state index in [1.54, 1.807) is 4.90 Å². The van der Waals surface area contributed by atoms with Crippen LogP contribution in [0.2, 0.25) is 0 Å². The molecule has 1 aromatic carbocycles. The molecule has 1 N–H and O–H groups in total. The number of amides is 1. The predicted molar refractivity (Wildman–Crippen MR) is 94.0 cm³/mol. The number of carbonyl (C=O) groups excluding carboxylic acids is 1. The number of para-hydroxylation sites is 1. The van der Waals surface area contributed by atoms with Crippen molar-refractivity contribution in [3.05, 3.63) is 52.4 Å². The molecule has 1 amide bonds. The highest BCUT2D eigenvalue weighted by Crippen LogP contribution is 2.29. The smallest absolute Gasteiger partial charge is 0.274 e. The summed E-state index contributed by atoms with van der Waals surface area (Å²) in [5.41, 5.74) is 0.879. The first-order valence-corrected chi connectivity index (χ1v) is 8.88. The van der Waals surface area contributed by atoms with E-state index < -0.39 is 0 Å². The second kappa shape index (κ2) is 6.64. The zero-order chi connectivity index (χ0) is 17.2. The van der Waals surface area contributed by atoms with E-state index in [1.807, 2.05) is 24.3 Å². The van der Waals surface area contributed by atoms with Crippen molar-refractivity contribution >= 4 is 27.5 Å². The monoisotopic (exact) mass is 356 g/mol. The zero-order valence-corrected chi connectivity index (χ0v) is 14.2. The number of hydrogen-bond donors (Lipinski definition) is 1. The highest BCUT2D eigenvalue weighted by atomic mass is 32.1. The number of likely N-dealkylation sites (tertiary alicyclic amines) is 1. The van der Waals surface area contributed by atoms with Gasteiger partial charge in [0.05, 0.1) is 10.2 Å². The van der Waals surface area contributed by atoms with Gasteiger partial charge in [-0.25, -0.2) is 10.1 Å². The third-order valence-corrected chi connectivity index (χ3v) is 5.10. The van der Waals surface area contributed by atoms with Crippen molar-refractivity contribution in [1.29, 1.82) is 0 Å². The Kier molecular flexibility index (Phi) is 4.19. The number of piperidine rings is 1. The lowest BCUT2D eigenvalue weighted by Crippen LogP contribution is -2.42. The second-order valence-corrected chi connectivity index (χ2v) is 6.86. The molecule has 0 aliphatic carbocycles. The molecule has 1 fully saturated rings. The Balaban J connectivity index is 1.37. The molecule has 0 atom stereocenters. The van der Waals surface area contributed by atoms with Crippen LogP contribution in [0.25, 0.3) is 10.2 Å². The minimum Gasteiger partial charge on any atom is -0.467 e. The van der Waals surface area contributed by atoms with Crippen molar-refractivity contribution in [2.45, 2.75) is 18.9 Å². The summed E-state index contributed by atoms with van der Waals surface area (Å²) in [6.07, 6.45) is 1.53. The van der Waals surface area contributed by atoms with Gasteiger partial charge >= 0.3 is 0 Å². The molecule has 0 spiro atoms. The number of carbonyl (C=O) groups is 1. The van der Waals surface area contributed by atoms with E-state index in [9.17, 15) is 9.59 Å². The number of fused-ring (bicyclic) bond motifs is 1. The lowest BCUT2D eigenvalue weighted by molar-refractivity contribution is 0.0589. The number of thiazole rings is 1. The Labute approximate surface area is 147 Å². The molecule has 25 heavy (non-hydrogen) atoms. The van der Waals surface area contributed by atoms with Crippen molar-refractivity contribution in [2.24, 2.45) is 0 Å². The van der Waals surface area contributed by atoms with Gasteiger partial charge in [-0.05, 0) is 18.2 Å². The first-order chi connectivity index (χ1) is 12.2. The van der Waals surface area contributed by atoms with Crippen molar-refractivity contribution in [3.63, 3.8) is 0 Å². The normalized spacial score (nSPS) is 15.4. The summed E-state index contributed by atoms with van der Waals surface area (Å²) in [4.78, 5) is 29.6. The maximum absolute atomic E-state index is 12.4. The molecular formula is C17H16N4O3S. The Morgan fingerprint density at radius 2 is 2.00 bits per heavy atom. The third kappa shape index (κ3) is 3.39. The number of benzene rings is 1. The van der Waals surface area contributed by atoms with Crippen molar-refractivity contribution in [3.8, 4) is 5.19 Å². The highest BCUT2D eigenvalue weighted by molar-refractivity contribution is 7.20. The number of nitrogens with one attached hydrogen (secondary N) is 1. The van der Waals surface area contributed by atoms with Crippen LogP contribution in [0.15, 0.2) is 41.2 Å². The molecule has 4 rings (SSSR count). The Hall–Kier alpha value is -2.74. The quantitative estimate of drug-likeness (QED) is 0.776. The molecule has 3 heterocycles. The Morgan fingerprint density at radius 1 is 1.20 bits per heavy atom. The van der Waals surface area contributed by atoms with Crippen LogP contribution in [0.5, 0.6) is 5.19 Å². The van der Waals surface area contributed by atoms with Crippen LogP contribution < -0.4 is 10.3 Å². The van der Waals surface area contributed by atoms with Crippen LogP contribution in [0.3, 0.4) is 0 Å². The van der Waals surface area contributed by atoms with Gasteiger partial charge in [0, 0.05) is 32.0 Å². The molecule has 0 unspecified atom stereocenters. The van der Waals surface area contributed by atoms with Crippen molar-refractivity contribution in [1.82, 2.24) is 20.1 Å². The largest absolute Gasteiger partial charge is 0.467 e. The Bertz CT molecular complexity index is 906. The summed E-state index contributed by atoms with van der Waals surface area (Å²) in [6.45, 7) is 1.18. The van der Waals surface area contributed by atoms with Crippen LogP contribution in [0.4, 0.5) is 0 Å². The lowest BCUT2D eigenvalue weighted by atomic mass is 10.1. The maximum Gasteiger partial charge on any atom is 0.274 e. The summed E-state index contributed by atoms with van der Waals surface area (Å²) in [6, 6.07) is 10.7. The van der Waals surface area contributed by atoms with Gasteiger partial charge in [0.2, 0.25) is 0 Å². The summed E-state index contributed by atoms with van der Waals surface area (Å²) in [5.74, 6) is -0.172. The second-order valence-electron chi connectivity index (χ2n) is 5.86. The van der Waals surface area contributed by atoms with Gasteiger partial charge in [-0.15, -0.1) is 0 Å². The number of aromatic nitrogens is 3. The minimum absolute atomic E-state index is 0.0492. The highest BCUT2D eigenvalue weighted by Gasteiger charge is 2.26. The molecule has 1 aliphatic rings. The number of rotatable bonds is 3. The van der Waals surface area contributed by atoms with E-state index in [4.69, 9.17) is 4.74 Å². The van der Waals surface area contributed by atoms with Gasteiger partial charge in [-0.2, -0.15) is 5.10 Å². The average Bonchev–Trinajstić information content (AvgIpc) is 3.05. The Morgan fingerprint density at radius 3 is 2.72 bits per heavy atom. The van der Waals surface area contributed by atoms with Gasteiger partial charge in [-0.1, -0.05) is 23.5 Å². The lowest BCUT2D eigenvalue weighted by Gasteiger charge is -2.31. The standard InChI is InChI=1S/C17H16N4O3S/c22-15-6-5-13(19-20-15)16(23)21-9-7-11(8-10-21)24-17-18-12-3-1-2-4-14(12)25-17/h1-6,11H,7-10H2,(H,20,22). The third-order valence-electron chi connectivity index (χ3n) is 4.17. The fraction of sp³-hybridized carbons (Fsp3) is 0.294. The molecular weight excluding hydrogens is 340 g/mol. The topological polar surface area (TPSA) is 88.2 Å². The van der Waals surface area contributed by atoms with Crippen molar-refractivity contribution < 1.29 is 9.53 Å². The molecule has 8 heteroatoms. The van der Waals surface area contributed by atoms with Gasteiger partial charge in [0.1, 0.15) is 11.8 Å². The average molecular weight is 356 g/mol. The van der Waals surface area contributed by atoms with E-state index in [-0.39, 0.29) is 23.3 Å². The minimum atomic E-state index is -0.320. The molecule has 0 bridgehead atoms. The summed E-state index contributed by atoms with van der Waals surface area (Å²) < 4.78 is 7.10. The fourth-order valence-corrected chi connectivity index (χ4v) is 3.73. The number of hydrogen-bond acceptors (Lipinski definition) is 6. The zero-order valence-electron chi connectivity index (χ0n) is 13.3. The molecule has 128 valence electrons. The van der Waals surface area contributed by atoms with E-state index in [0.29, 0.717) is 18.3 Å². The number of aromatic amines is 1. The fourth-order valence-electron chi connectivity index (χ4n) is 2.85. The van der Waals surface area contributed by atoms with Crippen LogP contribution in [0, 0.1) is 0 Å². The summed E-state index contributed by atoms with van der Waals surface area (Å²) in [5, 5.41) is 6.76. The molecule has 0 saturated carbocycles. The molecule has 1 saturated heterocycles. The predicted octanol–water partition coefficient (Wildman–Crippen LogP) is 2.06. The molecule has 0 radical (unpaired) electrons. The molecule has 2 aromatic heterocycles. The van der Waals surface area contributed by atoms with Crippen LogP contribution in [0.1, 0.15) is 23.3 Å². The number of ether oxygens (including phenoxy) is 1. The molecule has 3 aromatic rings. The summed E-state index contributed by atoms with van der Waals surface area (Å²) in [7, 11) is 0. The van der Waals surface area contributed by atoms with E-state index in [1.165, 1.54) is 23.5 Å². The van der Waals surface area contributed by atoms with Crippen LogP contribution in [-0.2, 0) is 0 Å². The molecule has 1 aliphatic heterocycles. The van der Waals surface area contributed by atoms with E-state index in [0.717, 1.165) is 23.1 Å². The van der Waals surface area contributed by atoms with Crippen LogP contribution >= 0.6 is 11.3 Å². The summed E-state index contributed by atoms with van der Waals surface area (Å²) >= 11 is 1.54. The number of nitrogens with zero attached hydrogens (tertiary/aromatic N) is 3. The molecule has 7 nitrogen and oxygen atoms in total. The van der Waals surface area contributed by atoms with E-state index in [2.05, 4.69) is 15.2 Å². The van der Waals surface area contributed by atoms with Gasteiger partial charge in [0.15, 0.2) is 0 Å². The first kappa shape index (κ1) is 15.8. The van der Waals surface area contributed by atoms with Crippen LogP contribution in [-0.4, -0.2) is 45.2 Å². The maximum atomic E-state index is 12.4. The van der Waals surface area contributed by atoms with E-state index >= 15 is 0 Å². The first-order valence-electron chi connectivity index (χ1n) is 8.06. The van der Waals surface area contributed by atoms with Gasteiger partial charge < -0.3 is 9.64 Å².